The van der Waals surface area contributed by atoms with Gasteiger partial charge in [-0.05, 0) is 50.9 Å². The number of ether oxygens (including phenoxy) is 1. The molecular weight excluding hydrogens is 367 g/mol. The van der Waals surface area contributed by atoms with Crippen molar-refractivity contribution in [2.75, 3.05) is 26.2 Å². The van der Waals surface area contributed by atoms with Crippen molar-refractivity contribution in [3.8, 4) is 5.19 Å². The molecular formula is C19H25FN4O2S. The Labute approximate surface area is 162 Å². The van der Waals surface area contributed by atoms with Gasteiger partial charge >= 0.3 is 0 Å². The van der Waals surface area contributed by atoms with Crippen molar-refractivity contribution >= 4 is 17.2 Å². The van der Waals surface area contributed by atoms with Gasteiger partial charge in [0.15, 0.2) is 0 Å². The first-order valence-corrected chi connectivity index (χ1v) is 10.2. The van der Waals surface area contributed by atoms with Crippen LogP contribution in [0.5, 0.6) is 5.19 Å². The van der Waals surface area contributed by atoms with Crippen LogP contribution < -0.4 is 10.1 Å². The number of hydrogen-bond donors (Lipinski definition) is 1. The van der Waals surface area contributed by atoms with Gasteiger partial charge in [-0.2, -0.15) is 0 Å². The topological polar surface area (TPSA) is 67.4 Å². The first-order chi connectivity index (χ1) is 13.2. The third kappa shape index (κ3) is 5.71. The zero-order valence-electron chi connectivity index (χ0n) is 15.5. The number of carbonyl (C=O) groups is 1. The minimum Gasteiger partial charge on any atom is -0.469 e. The van der Waals surface area contributed by atoms with E-state index in [1.54, 1.807) is 12.1 Å². The zero-order valence-corrected chi connectivity index (χ0v) is 16.3. The monoisotopic (exact) mass is 392 g/mol. The van der Waals surface area contributed by atoms with Gasteiger partial charge in [0.25, 0.3) is 5.19 Å². The minimum atomic E-state index is -0.218. The smallest absolute Gasteiger partial charge is 0.294 e. The molecule has 0 bridgehead atoms. The van der Waals surface area contributed by atoms with Gasteiger partial charge in [0, 0.05) is 12.5 Å². The van der Waals surface area contributed by atoms with Gasteiger partial charge in [0.2, 0.25) is 5.91 Å². The number of amides is 1. The number of nitrogens with one attached hydrogen (secondary N) is 1. The molecule has 0 aliphatic carbocycles. The Balaban J connectivity index is 1.38. The maximum absolute atomic E-state index is 13.6. The fourth-order valence-electron chi connectivity index (χ4n) is 3.19. The molecule has 8 heteroatoms. The quantitative estimate of drug-likeness (QED) is 0.748. The summed E-state index contributed by atoms with van der Waals surface area (Å²) >= 11 is 1.47. The summed E-state index contributed by atoms with van der Waals surface area (Å²) in [5.41, 5.74) is 0.635. The number of carbonyl (C=O) groups excluding carboxylic acids is 1. The molecule has 1 aliphatic rings. The highest BCUT2D eigenvalue weighted by Crippen LogP contribution is 2.23. The minimum absolute atomic E-state index is 0.0234. The highest BCUT2D eigenvalue weighted by Gasteiger charge is 2.25. The average Bonchev–Trinajstić information content (AvgIpc) is 3.11. The van der Waals surface area contributed by atoms with Crippen molar-refractivity contribution in [2.24, 2.45) is 5.92 Å². The van der Waals surface area contributed by atoms with Gasteiger partial charge in [-0.3, -0.25) is 9.69 Å². The number of halogens is 1. The van der Waals surface area contributed by atoms with E-state index in [2.05, 4.69) is 20.4 Å². The van der Waals surface area contributed by atoms with Crippen molar-refractivity contribution < 1.29 is 13.9 Å². The van der Waals surface area contributed by atoms with Crippen LogP contribution >= 0.6 is 11.3 Å². The van der Waals surface area contributed by atoms with E-state index in [4.69, 9.17) is 4.74 Å². The van der Waals surface area contributed by atoms with E-state index in [1.807, 2.05) is 13.0 Å². The molecule has 6 nitrogen and oxygen atoms in total. The molecule has 0 unspecified atom stereocenters. The van der Waals surface area contributed by atoms with Gasteiger partial charge < -0.3 is 10.1 Å². The molecule has 1 saturated heterocycles. The molecule has 1 aromatic carbocycles. The summed E-state index contributed by atoms with van der Waals surface area (Å²) in [5.74, 6) is -0.125. The van der Waals surface area contributed by atoms with Crippen molar-refractivity contribution in [1.82, 2.24) is 20.4 Å². The second-order valence-electron chi connectivity index (χ2n) is 6.58. The number of hydrogen-bond acceptors (Lipinski definition) is 6. The molecule has 27 heavy (non-hydrogen) atoms. The van der Waals surface area contributed by atoms with Gasteiger partial charge in [-0.25, -0.2) is 4.39 Å². The predicted molar refractivity (Wildman–Crippen MR) is 102 cm³/mol. The first kappa shape index (κ1) is 19.7. The van der Waals surface area contributed by atoms with Crippen molar-refractivity contribution in [3.05, 3.63) is 40.7 Å². The number of aromatic nitrogens is 2. The Bertz CT molecular complexity index is 747. The Morgan fingerprint density at radius 3 is 2.85 bits per heavy atom. The lowest BCUT2D eigenvalue weighted by atomic mass is 9.96. The number of benzene rings is 1. The van der Waals surface area contributed by atoms with Crippen molar-refractivity contribution in [2.45, 2.75) is 32.7 Å². The van der Waals surface area contributed by atoms with E-state index >= 15 is 0 Å². The van der Waals surface area contributed by atoms with Crippen LogP contribution in [0.2, 0.25) is 0 Å². The fourth-order valence-corrected chi connectivity index (χ4v) is 3.98. The number of rotatable bonds is 8. The van der Waals surface area contributed by atoms with Crippen molar-refractivity contribution in [1.29, 1.82) is 0 Å². The summed E-state index contributed by atoms with van der Waals surface area (Å²) in [6.07, 6.45) is 2.15. The van der Waals surface area contributed by atoms with E-state index in [9.17, 15) is 9.18 Å². The van der Waals surface area contributed by atoms with E-state index in [-0.39, 0.29) is 17.6 Å². The molecule has 1 fully saturated rings. The maximum Gasteiger partial charge on any atom is 0.294 e. The van der Waals surface area contributed by atoms with Crippen LogP contribution in [-0.2, 0) is 17.8 Å². The number of likely N-dealkylation sites (tertiary alicyclic amines) is 1. The van der Waals surface area contributed by atoms with Crippen LogP contribution in [0, 0.1) is 11.7 Å². The van der Waals surface area contributed by atoms with Gasteiger partial charge in [0.05, 0.1) is 13.2 Å². The predicted octanol–water partition coefficient (Wildman–Crippen LogP) is 2.65. The highest BCUT2D eigenvalue weighted by molar-refractivity contribution is 7.13. The van der Waals surface area contributed by atoms with Crippen LogP contribution in [0.25, 0.3) is 0 Å². The summed E-state index contributed by atoms with van der Waals surface area (Å²) in [7, 11) is 0. The largest absolute Gasteiger partial charge is 0.469 e. The lowest BCUT2D eigenvalue weighted by Gasteiger charge is -2.30. The zero-order chi connectivity index (χ0) is 19.1. The van der Waals surface area contributed by atoms with Crippen LogP contribution in [0.3, 0.4) is 0 Å². The summed E-state index contributed by atoms with van der Waals surface area (Å²) in [6.45, 7) is 5.43. The van der Waals surface area contributed by atoms with E-state index in [0.29, 0.717) is 30.3 Å². The number of piperidine rings is 1. The van der Waals surface area contributed by atoms with E-state index in [0.717, 1.165) is 37.5 Å². The summed E-state index contributed by atoms with van der Waals surface area (Å²) in [5, 5.41) is 12.7. The first-order valence-electron chi connectivity index (χ1n) is 9.34. The van der Waals surface area contributed by atoms with E-state index in [1.165, 1.54) is 17.4 Å². The molecule has 0 spiro atoms. The summed E-state index contributed by atoms with van der Waals surface area (Å²) in [6, 6.07) is 6.68. The van der Waals surface area contributed by atoms with Crippen LogP contribution in [0.15, 0.2) is 24.3 Å². The SMILES string of the molecule is CCOc1nnc(CN2CCC(C(=O)NCCc3ccccc3F)CC2)s1. The second-order valence-corrected chi connectivity index (χ2v) is 7.60. The molecule has 1 aromatic heterocycles. The molecule has 1 aliphatic heterocycles. The third-order valence-corrected chi connectivity index (χ3v) is 5.51. The molecule has 0 atom stereocenters. The Hall–Kier alpha value is -2.06. The molecule has 2 heterocycles. The molecule has 0 radical (unpaired) electrons. The summed E-state index contributed by atoms with van der Waals surface area (Å²) < 4.78 is 19.0. The lowest BCUT2D eigenvalue weighted by molar-refractivity contribution is -0.126. The number of nitrogens with zero attached hydrogens (tertiary/aromatic N) is 3. The molecule has 2 aromatic rings. The van der Waals surface area contributed by atoms with Gasteiger partial charge in [0.1, 0.15) is 10.8 Å². The fraction of sp³-hybridized carbons (Fsp3) is 0.526. The molecule has 0 saturated carbocycles. The standard InChI is InChI=1S/C19H25FN4O2S/c1-2-26-19-23-22-17(27-19)13-24-11-8-15(9-12-24)18(25)21-10-7-14-5-3-4-6-16(14)20/h3-6,15H,2,7-13H2,1H3,(H,21,25). The van der Waals surface area contributed by atoms with Crippen LogP contribution in [-0.4, -0.2) is 47.2 Å². The lowest BCUT2D eigenvalue weighted by Crippen LogP contribution is -2.40. The Kier molecular flexibility index (Phi) is 7.11. The van der Waals surface area contributed by atoms with E-state index < -0.39 is 0 Å². The molecule has 1 amide bonds. The molecule has 3 rings (SSSR count). The van der Waals surface area contributed by atoms with Gasteiger partial charge in [-0.1, -0.05) is 29.5 Å². The Morgan fingerprint density at radius 2 is 2.11 bits per heavy atom. The molecule has 1 N–H and O–H groups in total. The second kappa shape index (κ2) is 9.75. The normalized spacial score (nSPS) is 15.6. The van der Waals surface area contributed by atoms with Crippen LogP contribution in [0.4, 0.5) is 4.39 Å². The maximum atomic E-state index is 13.6. The average molecular weight is 393 g/mol. The Morgan fingerprint density at radius 1 is 1.33 bits per heavy atom. The highest BCUT2D eigenvalue weighted by atomic mass is 32.1. The molecule has 146 valence electrons. The third-order valence-electron chi connectivity index (χ3n) is 4.68. The van der Waals surface area contributed by atoms with Gasteiger partial charge in [-0.15, -0.1) is 10.2 Å². The van der Waals surface area contributed by atoms with Crippen molar-refractivity contribution in [3.63, 3.8) is 0 Å². The van der Waals surface area contributed by atoms with Crippen LogP contribution in [0.1, 0.15) is 30.3 Å². The summed E-state index contributed by atoms with van der Waals surface area (Å²) in [4.78, 5) is 14.6.